The van der Waals surface area contributed by atoms with Crippen molar-refractivity contribution in [2.75, 3.05) is 0 Å². The first kappa shape index (κ1) is 46.3. The highest BCUT2D eigenvalue weighted by molar-refractivity contribution is 7.11. The molecule has 338 valence electrons. The van der Waals surface area contributed by atoms with Crippen molar-refractivity contribution in [3.05, 3.63) is 138 Å². The second-order valence-corrected chi connectivity index (χ2v) is 20.9. The highest BCUT2D eigenvalue weighted by Gasteiger charge is 2.63. The third-order valence-electron chi connectivity index (χ3n) is 14.5. The van der Waals surface area contributed by atoms with E-state index in [0.29, 0.717) is 0 Å². The van der Waals surface area contributed by atoms with E-state index in [1.165, 1.54) is 0 Å². The van der Waals surface area contributed by atoms with E-state index in [1.807, 2.05) is 128 Å². The van der Waals surface area contributed by atoms with Crippen molar-refractivity contribution in [2.45, 2.75) is 117 Å². The molecule has 8 aromatic rings. The number of furan rings is 2. The molecule has 0 atom stereocenters. The van der Waals surface area contributed by atoms with Crippen molar-refractivity contribution in [1.82, 2.24) is 0 Å². The monoisotopic (exact) mass is 902 g/mol. The zero-order valence-electron chi connectivity index (χ0n) is 40.1. The lowest BCUT2D eigenvalue weighted by atomic mass is 9.49. The Kier molecular flexibility index (Phi) is 11.7. The number of rotatable bonds is 4. The van der Waals surface area contributed by atoms with Gasteiger partial charge in [-0.1, -0.05) is 127 Å². The minimum absolute atomic E-state index is 0.360. The van der Waals surface area contributed by atoms with Gasteiger partial charge in [-0.3, -0.25) is 0 Å². The summed E-state index contributed by atoms with van der Waals surface area (Å²) >= 11 is 6.32. The highest BCUT2D eigenvalue weighted by atomic mass is 35.5. The van der Waals surface area contributed by atoms with E-state index < -0.39 is 21.1 Å². The van der Waals surface area contributed by atoms with E-state index in [-0.39, 0.29) is 33.6 Å². The summed E-state index contributed by atoms with van der Waals surface area (Å²) in [6, 6.07) is 44.9. The molecule has 0 bridgehead atoms. The van der Waals surface area contributed by atoms with Crippen LogP contribution in [-0.4, -0.2) is 54.7 Å². The number of para-hydroxylation sites is 2. The summed E-state index contributed by atoms with van der Waals surface area (Å²) in [5, 5.41) is 4.93. The van der Waals surface area contributed by atoms with Crippen molar-refractivity contribution < 1.29 is 36.8 Å². The van der Waals surface area contributed by atoms with Gasteiger partial charge in [0.05, 0.1) is 38.6 Å². The second-order valence-electron chi connectivity index (χ2n) is 20.5. The SMILES string of the molecule is CC1(C)OB(B2OC(C)(C)C(C)(C)O2)OC1(C)C.CC1(C)OB(c2cccc3oc4c(-c5ccccc5)cccc4c23)OC1(C)C.Clc1cccc2oc3c(-c4ccccc4)cccc3c12. The lowest BCUT2D eigenvalue weighted by Crippen LogP contribution is -2.41. The van der Waals surface area contributed by atoms with Crippen LogP contribution in [0.2, 0.25) is 5.02 Å². The number of hydrogen-bond donors (Lipinski definition) is 0. The summed E-state index contributed by atoms with van der Waals surface area (Å²) in [6.07, 6.45) is 0. The maximum Gasteiger partial charge on any atom is 0.495 e. The maximum absolute atomic E-state index is 6.33. The average Bonchev–Trinajstić information content (AvgIpc) is 4.01. The van der Waals surface area contributed by atoms with Crippen LogP contribution in [0.5, 0.6) is 0 Å². The molecule has 0 amide bonds. The molecule has 11 rings (SSSR count). The average molecular weight is 903 g/mol. The fourth-order valence-electron chi connectivity index (χ4n) is 8.54. The van der Waals surface area contributed by atoms with Crippen LogP contribution in [0.4, 0.5) is 0 Å². The number of hydrogen-bond acceptors (Lipinski definition) is 8. The molecule has 0 aliphatic carbocycles. The van der Waals surface area contributed by atoms with Gasteiger partial charge in [-0.25, -0.2) is 0 Å². The van der Waals surface area contributed by atoms with Gasteiger partial charge in [-0.15, -0.1) is 0 Å². The van der Waals surface area contributed by atoms with Crippen molar-refractivity contribution in [3.8, 4) is 22.3 Å². The topological polar surface area (TPSA) is 81.7 Å². The van der Waals surface area contributed by atoms with Gasteiger partial charge in [0, 0.05) is 32.7 Å². The molecule has 6 aromatic carbocycles. The van der Waals surface area contributed by atoms with Gasteiger partial charge in [-0.2, -0.15) is 0 Å². The summed E-state index contributed by atoms with van der Waals surface area (Å²) < 4.78 is 48.9. The standard InChI is InChI=1S/C24H23BO3.C18H11ClO.C12H24B2O4/c1-23(2)24(3,4)28-25(27-23)19-14-9-15-20-21(19)18-13-8-12-17(22(18)26-20)16-10-6-5-7-11-16;19-15-10-5-11-16-17(15)14-9-4-8-13(18(14)20-16)12-6-2-1-3-7-12;1-9(2)10(3,4)16-13(15-9)14-17-11(5,6)12(7,8)18-14/h5-15H,1-4H3;1-11H;1-8H3. The Hall–Kier alpha value is -4.84. The summed E-state index contributed by atoms with van der Waals surface area (Å²) in [6.45, 7) is 24.5. The predicted octanol–water partition coefficient (Wildman–Crippen LogP) is 13.7. The van der Waals surface area contributed by atoms with E-state index in [4.69, 9.17) is 48.4 Å². The Labute approximate surface area is 394 Å². The van der Waals surface area contributed by atoms with E-state index in [0.717, 1.165) is 76.6 Å². The van der Waals surface area contributed by atoms with Crippen LogP contribution < -0.4 is 5.46 Å². The van der Waals surface area contributed by atoms with Crippen LogP contribution in [0.25, 0.3) is 66.1 Å². The molecule has 12 heteroatoms. The lowest BCUT2D eigenvalue weighted by molar-refractivity contribution is 0.00578. The van der Waals surface area contributed by atoms with E-state index in [2.05, 4.69) is 88.4 Å². The highest BCUT2D eigenvalue weighted by Crippen LogP contribution is 2.44. The first-order valence-corrected chi connectivity index (χ1v) is 23.2. The molecular formula is C54H58B3ClO8. The molecular weight excluding hydrogens is 844 g/mol. The number of halogens is 1. The van der Waals surface area contributed by atoms with Crippen molar-refractivity contribution in [1.29, 1.82) is 0 Å². The molecule has 3 fully saturated rings. The fourth-order valence-corrected chi connectivity index (χ4v) is 8.80. The zero-order valence-corrected chi connectivity index (χ0v) is 40.8. The van der Waals surface area contributed by atoms with Crippen LogP contribution in [0, 0.1) is 0 Å². The Morgan fingerprint density at radius 3 is 1.17 bits per heavy atom. The second kappa shape index (κ2) is 16.7. The molecule has 0 unspecified atom stereocenters. The first-order chi connectivity index (χ1) is 31.1. The molecule has 3 aliphatic rings. The minimum atomic E-state index is -0.476. The molecule has 0 N–H and O–H groups in total. The van der Waals surface area contributed by atoms with Crippen molar-refractivity contribution in [2.24, 2.45) is 0 Å². The van der Waals surface area contributed by atoms with Gasteiger partial charge in [-0.05, 0) is 118 Å². The molecule has 2 aromatic heterocycles. The van der Waals surface area contributed by atoms with Crippen molar-refractivity contribution >= 4 is 82.1 Å². The Morgan fingerprint density at radius 1 is 0.364 bits per heavy atom. The largest absolute Gasteiger partial charge is 0.495 e. The van der Waals surface area contributed by atoms with Crippen LogP contribution in [0.3, 0.4) is 0 Å². The first-order valence-electron chi connectivity index (χ1n) is 22.8. The normalized spacial score (nSPS) is 19.9. The molecule has 0 saturated carbocycles. The van der Waals surface area contributed by atoms with Crippen LogP contribution in [0.15, 0.2) is 142 Å². The Bertz CT molecular complexity index is 2970. The fraction of sp³-hybridized carbons (Fsp3) is 0.333. The summed E-state index contributed by atoms with van der Waals surface area (Å²) in [4.78, 5) is 0. The predicted molar refractivity (Wildman–Crippen MR) is 271 cm³/mol. The molecule has 3 aliphatic heterocycles. The molecule has 5 heterocycles. The van der Waals surface area contributed by atoms with Gasteiger partial charge >= 0.3 is 21.1 Å². The van der Waals surface area contributed by atoms with Gasteiger partial charge in [0.15, 0.2) is 0 Å². The van der Waals surface area contributed by atoms with Crippen LogP contribution >= 0.6 is 11.6 Å². The maximum atomic E-state index is 6.33. The van der Waals surface area contributed by atoms with Crippen LogP contribution in [0.1, 0.15) is 83.1 Å². The summed E-state index contributed by atoms with van der Waals surface area (Å²) in [5.41, 5.74) is 6.76. The third-order valence-corrected chi connectivity index (χ3v) is 14.8. The smallest absolute Gasteiger partial charge is 0.455 e. The third kappa shape index (κ3) is 8.21. The Morgan fingerprint density at radius 2 is 0.727 bits per heavy atom. The van der Waals surface area contributed by atoms with Gasteiger partial charge in [0.25, 0.3) is 0 Å². The minimum Gasteiger partial charge on any atom is -0.455 e. The molecule has 66 heavy (non-hydrogen) atoms. The molecule has 0 spiro atoms. The Balaban J connectivity index is 0.000000129. The van der Waals surface area contributed by atoms with Crippen molar-refractivity contribution in [3.63, 3.8) is 0 Å². The summed E-state index contributed by atoms with van der Waals surface area (Å²) in [5.74, 6) is 0. The van der Waals surface area contributed by atoms with E-state index >= 15 is 0 Å². The zero-order chi connectivity index (χ0) is 47.0. The number of fused-ring (bicyclic) bond motifs is 6. The summed E-state index contributed by atoms with van der Waals surface area (Å²) in [7, 11) is -1.37. The van der Waals surface area contributed by atoms with Gasteiger partial charge < -0.3 is 36.8 Å². The van der Waals surface area contributed by atoms with Gasteiger partial charge in [0.2, 0.25) is 0 Å². The molecule has 3 saturated heterocycles. The molecule has 0 radical (unpaired) electrons. The van der Waals surface area contributed by atoms with E-state index in [1.54, 1.807) is 0 Å². The van der Waals surface area contributed by atoms with E-state index in [9.17, 15) is 0 Å². The quantitative estimate of drug-likeness (QED) is 0.162. The molecule has 8 nitrogen and oxygen atoms in total. The lowest BCUT2D eigenvalue weighted by Gasteiger charge is -2.32. The number of benzene rings is 6. The van der Waals surface area contributed by atoms with Gasteiger partial charge in [0.1, 0.15) is 22.3 Å². The van der Waals surface area contributed by atoms with Crippen LogP contribution in [-0.2, 0) is 27.9 Å².